The maximum absolute atomic E-state index is 12.3. The molecule has 0 aromatic heterocycles. The number of Topliss-reactive ketones (excluding diaryl/α,β-unsaturated/α-hetero) is 1. The molecule has 0 fully saturated rings. The zero-order chi connectivity index (χ0) is 16.8. The Hall–Kier alpha value is -2.58. The molecule has 0 amide bonds. The Balaban J connectivity index is 1.59. The molecule has 0 saturated carbocycles. The molecule has 0 aliphatic rings. The molecule has 0 atom stereocenters. The average molecular weight is 337 g/mol. The molecule has 3 rings (SSSR count). The predicted molar refractivity (Wildman–Crippen MR) is 96.7 cm³/mol. The zero-order valence-electron chi connectivity index (χ0n) is 13.1. The van der Waals surface area contributed by atoms with Gasteiger partial charge in [-0.05, 0) is 47.5 Å². The van der Waals surface area contributed by atoms with Gasteiger partial charge < -0.3 is 4.74 Å². The van der Waals surface area contributed by atoms with Gasteiger partial charge in [-0.1, -0.05) is 54.1 Å². The van der Waals surface area contributed by atoms with Gasteiger partial charge in [-0.3, -0.25) is 4.79 Å². The van der Waals surface area contributed by atoms with Crippen molar-refractivity contribution in [3.8, 4) is 5.75 Å². The van der Waals surface area contributed by atoms with Crippen LogP contribution in [0.5, 0.6) is 5.75 Å². The Bertz CT molecular complexity index is 794. The summed E-state index contributed by atoms with van der Waals surface area (Å²) in [6, 6.07) is 24.6. The van der Waals surface area contributed by atoms with E-state index in [0.29, 0.717) is 23.6 Å². The van der Waals surface area contributed by atoms with Crippen molar-refractivity contribution in [3.05, 3.63) is 101 Å². The summed E-state index contributed by atoms with van der Waals surface area (Å²) in [4.78, 5) is 12.3. The molecule has 0 N–H and O–H groups in total. The van der Waals surface area contributed by atoms with Gasteiger partial charge in [-0.15, -0.1) is 0 Å². The van der Waals surface area contributed by atoms with Gasteiger partial charge in [0.15, 0.2) is 5.78 Å². The van der Waals surface area contributed by atoms with Crippen LogP contribution in [0.1, 0.15) is 21.5 Å². The van der Waals surface area contributed by atoms with Crippen molar-refractivity contribution in [2.45, 2.75) is 13.0 Å². The van der Waals surface area contributed by atoms with E-state index in [1.165, 1.54) is 0 Å². The number of carbonyl (C=O) groups excluding carboxylic acids is 1. The van der Waals surface area contributed by atoms with Gasteiger partial charge in [0.05, 0.1) is 0 Å². The van der Waals surface area contributed by atoms with Crippen LogP contribution in [0.25, 0.3) is 0 Å². The van der Waals surface area contributed by atoms with Crippen LogP contribution >= 0.6 is 11.6 Å². The molecular weight excluding hydrogens is 320 g/mol. The molecule has 0 saturated heterocycles. The Morgan fingerprint density at radius 2 is 1.46 bits per heavy atom. The molecule has 3 heteroatoms. The van der Waals surface area contributed by atoms with Crippen LogP contribution in [0, 0.1) is 0 Å². The zero-order valence-corrected chi connectivity index (χ0v) is 13.9. The third kappa shape index (κ3) is 4.46. The second-order valence-corrected chi connectivity index (χ2v) is 5.96. The summed E-state index contributed by atoms with van der Waals surface area (Å²) in [7, 11) is 0. The highest BCUT2D eigenvalue weighted by Crippen LogP contribution is 2.17. The van der Waals surface area contributed by atoms with E-state index in [0.717, 1.165) is 16.9 Å². The number of rotatable bonds is 6. The predicted octanol–water partition coefficient (Wildman–Crippen LogP) is 5.34. The van der Waals surface area contributed by atoms with Gasteiger partial charge >= 0.3 is 0 Å². The third-order valence-corrected chi connectivity index (χ3v) is 3.95. The molecule has 0 spiro atoms. The normalized spacial score (nSPS) is 10.4. The van der Waals surface area contributed by atoms with E-state index >= 15 is 0 Å². The molecule has 24 heavy (non-hydrogen) atoms. The van der Waals surface area contributed by atoms with Crippen LogP contribution < -0.4 is 4.74 Å². The third-order valence-electron chi connectivity index (χ3n) is 3.70. The number of benzene rings is 3. The topological polar surface area (TPSA) is 26.3 Å². The monoisotopic (exact) mass is 336 g/mol. The van der Waals surface area contributed by atoms with Gasteiger partial charge in [0.1, 0.15) is 12.4 Å². The van der Waals surface area contributed by atoms with Crippen molar-refractivity contribution in [2.24, 2.45) is 0 Å². The van der Waals surface area contributed by atoms with Crippen molar-refractivity contribution in [1.82, 2.24) is 0 Å². The molecule has 0 heterocycles. The SMILES string of the molecule is O=C(Cc1ccc(Cl)cc1)c1ccc(OCc2ccccc2)cc1. The standard InChI is InChI=1S/C21H17ClO2/c22-19-10-6-16(7-11-19)14-21(23)18-8-12-20(13-9-18)24-15-17-4-2-1-3-5-17/h1-13H,14-15H2. The Morgan fingerprint density at radius 3 is 2.12 bits per heavy atom. The van der Waals surface area contributed by atoms with E-state index < -0.39 is 0 Å². The van der Waals surface area contributed by atoms with Crippen LogP contribution in [0.15, 0.2) is 78.9 Å². The molecule has 3 aromatic rings. The summed E-state index contributed by atoms with van der Waals surface area (Å²) in [6.07, 6.45) is 0.362. The second-order valence-electron chi connectivity index (χ2n) is 5.53. The molecular formula is C21H17ClO2. The fourth-order valence-corrected chi connectivity index (χ4v) is 2.49. The lowest BCUT2D eigenvalue weighted by Gasteiger charge is -2.07. The number of ether oxygens (including phenoxy) is 1. The van der Waals surface area contributed by atoms with Crippen LogP contribution in [0.4, 0.5) is 0 Å². The van der Waals surface area contributed by atoms with Gasteiger partial charge in [0.25, 0.3) is 0 Å². The Morgan fingerprint density at radius 1 is 0.792 bits per heavy atom. The fraction of sp³-hybridized carbons (Fsp3) is 0.0952. The van der Waals surface area contributed by atoms with Gasteiger partial charge in [-0.2, -0.15) is 0 Å². The van der Waals surface area contributed by atoms with Crippen molar-refractivity contribution in [3.63, 3.8) is 0 Å². The van der Waals surface area contributed by atoms with Crippen molar-refractivity contribution >= 4 is 17.4 Å². The Labute approximate surface area is 146 Å². The van der Waals surface area contributed by atoms with Crippen LogP contribution in [0.2, 0.25) is 5.02 Å². The maximum atomic E-state index is 12.3. The lowest BCUT2D eigenvalue weighted by atomic mass is 10.0. The van der Waals surface area contributed by atoms with Crippen molar-refractivity contribution < 1.29 is 9.53 Å². The van der Waals surface area contributed by atoms with E-state index in [1.54, 1.807) is 24.3 Å². The average Bonchev–Trinajstić information content (AvgIpc) is 2.63. The Kier molecular flexibility index (Phi) is 5.29. The van der Waals surface area contributed by atoms with E-state index in [-0.39, 0.29) is 5.78 Å². The summed E-state index contributed by atoms with van der Waals surface area (Å²) >= 11 is 5.86. The number of ketones is 1. The molecule has 2 nitrogen and oxygen atoms in total. The lowest BCUT2D eigenvalue weighted by Crippen LogP contribution is -2.03. The van der Waals surface area contributed by atoms with Crippen molar-refractivity contribution in [2.75, 3.05) is 0 Å². The van der Waals surface area contributed by atoms with Crippen LogP contribution in [-0.2, 0) is 13.0 Å². The second kappa shape index (κ2) is 7.80. The summed E-state index contributed by atoms with van der Waals surface area (Å²) in [5.74, 6) is 0.828. The molecule has 0 aliphatic carbocycles. The number of hydrogen-bond acceptors (Lipinski definition) is 2. The quantitative estimate of drug-likeness (QED) is 0.567. The van der Waals surface area contributed by atoms with Crippen molar-refractivity contribution in [1.29, 1.82) is 0 Å². The first kappa shape index (κ1) is 16.3. The van der Waals surface area contributed by atoms with Crippen LogP contribution in [0.3, 0.4) is 0 Å². The number of hydrogen-bond donors (Lipinski definition) is 0. The largest absolute Gasteiger partial charge is 0.489 e. The highest BCUT2D eigenvalue weighted by atomic mass is 35.5. The van der Waals surface area contributed by atoms with Gasteiger partial charge in [0.2, 0.25) is 0 Å². The minimum Gasteiger partial charge on any atom is -0.489 e. The molecule has 120 valence electrons. The molecule has 0 bridgehead atoms. The summed E-state index contributed by atoms with van der Waals surface area (Å²) in [5.41, 5.74) is 2.74. The molecule has 3 aromatic carbocycles. The van der Waals surface area contributed by atoms with Gasteiger partial charge in [-0.25, -0.2) is 0 Å². The fourth-order valence-electron chi connectivity index (χ4n) is 2.37. The smallest absolute Gasteiger partial charge is 0.167 e. The minimum absolute atomic E-state index is 0.0759. The summed E-state index contributed by atoms with van der Waals surface area (Å²) in [6.45, 7) is 0.513. The molecule has 0 radical (unpaired) electrons. The first-order valence-corrected chi connectivity index (χ1v) is 8.13. The maximum Gasteiger partial charge on any atom is 0.167 e. The van der Waals surface area contributed by atoms with Crippen LogP contribution in [-0.4, -0.2) is 5.78 Å². The minimum atomic E-state index is 0.0759. The first-order valence-electron chi connectivity index (χ1n) is 7.75. The summed E-state index contributed by atoms with van der Waals surface area (Å²) in [5, 5.41) is 0.672. The van der Waals surface area contributed by atoms with E-state index in [9.17, 15) is 4.79 Å². The number of halogens is 1. The van der Waals surface area contributed by atoms with E-state index in [4.69, 9.17) is 16.3 Å². The highest BCUT2D eigenvalue weighted by Gasteiger charge is 2.07. The first-order chi connectivity index (χ1) is 11.7. The molecule has 0 unspecified atom stereocenters. The van der Waals surface area contributed by atoms with E-state index in [2.05, 4.69) is 0 Å². The number of carbonyl (C=O) groups is 1. The van der Waals surface area contributed by atoms with E-state index in [1.807, 2.05) is 54.6 Å². The lowest BCUT2D eigenvalue weighted by molar-refractivity contribution is 0.0993. The van der Waals surface area contributed by atoms with Gasteiger partial charge in [0, 0.05) is 17.0 Å². The molecule has 0 aliphatic heterocycles. The highest BCUT2D eigenvalue weighted by molar-refractivity contribution is 6.30. The summed E-state index contributed by atoms with van der Waals surface area (Å²) < 4.78 is 5.73.